The van der Waals surface area contributed by atoms with Crippen molar-refractivity contribution in [3.63, 3.8) is 0 Å². The number of sulfone groups is 1. The first-order valence-electron chi connectivity index (χ1n) is 17.2. The van der Waals surface area contributed by atoms with Gasteiger partial charge in [-0.05, 0) is 65.7 Å². The molecule has 4 heterocycles. The highest BCUT2D eigenvalue weighted by atomic mass is 32.2. The first-order chi connectivity index (χ1) is 26.0. The molecule has 0 N–H and O–H groups in total. The van der Waals surface area contributed by atoms with Gasteiger partial charge >= 0.3 is 0 Å². The van der Waals surface area contributed by atoms with Crippen LogP contribution in [0.3, 0.4) is 0 Å². The van der Waals surface area contributed by atoms with E-state index in [0.29, 0.717) is 38.4 Å². The van der Waals surface area contributed by atoms with E-state index in [1.165, 1.54) is 0 Å². The van der Waals surface area contributed by atoms with E-state index in [4.69, 9.17) is 23.8 Å². The van der Waals surface area contributed by atoms with Gasteiger partial charge in [0, 0.05) is 49.4 Å². The molecule has 0 unspecified atom stereocenters. The quantitative estimate of drug-likeness (QED) is 0.180. The fraction of sp³-hybridized carbons (Fsp3) is 0. The van der Waals surface area contributed by atoms with Crippen molar-refractivity contribution in [3.8, 4) is 56.4 Å². The standard InChI is InChI=1S/C45H25N3O4S/c49-53(50)40-16-7-5-12-32(40)34-23-28(19-22-41(34)53)27-18-21-37-35(24-27)42-33(13-8-15-38(42)51-37)45-47-43(26-9-2-1-3-10-26)46-44(48-45)29-17-20-31-30-11-4-6-14-36(30)52-39(31)25-29/h1-25H. The van der Waals surface area contributed by atoms with Gasteiger partial charge in [0.05, 0.1) is 9.79 Å². The van der Waals surface area contributed by atoms with Crippen LogP contribution < -0.4 is 0 Å². The van der Waals surface area contributed by atoms with Crippen LogP contribution in [0.4, 0.5) is 0 Å². The van der Waals surface area contributed by atoms with Gasteiger partial charge in [0.1, 0.15) is 22.3 Å². The molecule has 10 aromatic rings. The van der Waals surface area contributed by atoms with Gasteiger partial charge in [-0.25, -0.2) is 23.4 Å². The fourth-order valence-electron chi connectivity index (χ4n) is 7.60. The molecular formula is C45H25N3O4S. The van der Waals surface area contributed by atoms with Crippen molar-refractivity contribution < 1.29 is 17.3 Å². The largest absolute Gasteiger partial charge is 0.456 e. The Bertz CT molecular complexity index is 3260. The maximum absolute atomic E-state index is 13.3. The maximum Gasteiger partial charge on any atom is 0.207 e. The maximum atomic E-state index is 13.3. The highest BCUT2D eigenvalue weighted by molar-refractivity contribution is 7.92. The lowest BCUT2D eigenvalue weighted by molar-refractivity contribution is 0.598. The van der Waals surface area contributed by atoms with Crippen LogP contribution in [-0.2, 0) is 9.84 Å². The van der Waals surface area contributed by atoms with E-state index >= 15 is 0 Å². The molecule has 0 bridgehead atoms. The molecule has 7 aromatic carbocycles. The molecule has 7 nitrogen and oxygen atoms in total. The summed E-state index contributed by atoms with van der Waals surface area (Å²) in [5.41, 5.74) is 8.76. The zero-order valence-electron chi connectivity index (χ0n) is 27.8. The smallest absolute Gasteiger partial charge is 0.207 e. The summed E-state index contributed by atoms with van der Waals surface area (Å²) in [7, 11) is -3.56. The highest BCUT2D eigenvalue weighted by Crippen LogP contribution is 2.45. The molecule has 0 atom stereocenters. The molecule has 8 heteroatoms. The van der Waals surface area contributed by atoms with Gasteiger partial charge in [0.25, 0.3) is 0 Å². The number of nitrogens with zero attached hydrogens (tertiary/aromatic N) is 3. The van der Waals surface area contributed by atoms with E-state index in [1.807, 2.05) is 115 Å². The van der Waals surface area contributed by atoms with Gasteiger partial charge in [0.15, 0.2) is 17.5 Å². The van der Waals surface area contributed by atoms with E-state index in [2.05, 4.69) is 18.2 Å². The summed E-state index contributed by atoms with van der Waals surface area (Å²) < 4.78 is 39.2. The van der Waals surface area contributed by atoms with Crippen LogP contribution in [0.1, 0.15) is 0 Å². The third kappa shape index (κ3) is 4.52. The summed E-state index contributed by atoms with van der Waals surface area (Å²) in [5, 5.41) is 3.86. The SMILES string of the molecule is O=S1(=O)c2ccccc2-c2cc(-c3ccc4oc5cccc(-c6nc(-c7ccccc7)nc(-c7ccc8c(c7)oc7ccccc78)n6)c5c4c3)ccc21. The molecule has 250 valence electrons. The molecular weight excluding hydrogens is 679 g/mol. The van der Waals surface area contributed by atoms with Crippen molar-refractivity contribution >= 4 is 53.7 Å². The molecule has 0 spiro atoms. The second kappa shape index (κ2) is 11.0. The lowest BCUT2D eigenvalue weighted by atomic mass is 9.97. The first kappa shape index (κ1) is 29.8. The van der Waals surface area contributed by atoms with Crippen LogP contribution in [0.5, 0.6) is 0 Å². The average molecular weight is 704 g/mol. The van der Waals surface area contributed by atoms with Gasteiger partial charge in [-0.15, -0.1) is 0 Å². The minimum atomic E-state index is -3.56. The number of aromatic nitrogens is 3. The minimum absolute atomic E-state index is 0.332. The summed E-state index contributed by atoms with van der Waals surface area (Å²) in [6.45, 7) is 0. The normalized spacial score (nSPS) is 13.2. The first-order valence-corrected chi connectivity index (χ1v) is 18.7. The minimum Gasteiger partial charge on any atom is -0.456 e. The van der Waals surface area contributed by atoms with Crippen molar-refractivity contribution in [2.24, 2.45) is 0 Å². The van der Waals surface area contributed by atoms with Crippen molar-refractivity contribution in [3.05, 3.63) is 152 Å². The predicted octanol–water partition coefficient (Wildman–Crippen LogP) is 11.2. The van der Waals surface area contributed by atoms with E-state index in [0.717, 1.165) is 71.7 Å². The average Bonchev–Trinajstić information content (AvgIpc) is 3.85. The predicted molar refractivity (Wildman–Crippen MR) is 207 cm³/mol. The number of para-hydroxylation sites is 1. The molecule has 1 aliphatic rings. The lowest BCUT2D eigenvalue weighted by Gasteiger charge is -2.09. The Hall–Kier alpha value is -6.90. The number of rotatable bonds is 4. The third-order valence-corrected chi connectivity index (χ3v) is 12.0. The van der Waals surface area contributed by atoms with Crippen LogP contribution in [0.15, 0.2) is 170 Å². The monoisotopic (exact) mass is 703 g/mol. The van der Waals surface area contributed by atoms with E-state index in [9.17, 15) is 8.42 Å². The Balaban J connectivity index is 1.10. The molecule has 1 aliphatic heterocycles. The topological polar surface area (TPSA) is 99.1 Å². The van der Waals surface area contributed by atoms with E-state index in [1.54, 1.807) is 18.2 Å². The Morgan fingerprint density at radius 3 is 1.91 bits per heavy atom. The van der Waals surface area contributed by atoms with Crippen molar-refractivity contribution in [1.82, 2.24) is 15.0 Å². The van der Waals surface area contributed by atoms with Gasteiger partial charge < -0.3 is 8.83 Å². The summed E-state index contributed by atoms with van der Waals surface area (Å²) in [6, 6.07) is 48.7. The van der Waals surface area contributed by atoms with Crippen molar-refractivity contribution in [2.75, 3.05) is 0 Å². The number of hydrogen-bond acceptors (Lipinski definition) is 7. The zero-order chi connectivity index (χ0) is 35.3. The molecule has 0 radical (unpaired) electrons. The summed E-state index contributed by atoms with van der Waals surface area (Å²) >= 11 is 0. The molecule has 0 amide bonds. The van der Waals surface area contributed by atoms with Gasteiger partial charge in [0.2, 0.25) is 9.84 Å². The molecule has 3 aromatic heterocycles. The number of fused-ring (bicyclic) bond motifs is 9. The van der Waals surface area contributed by atoms with Gasteiger partial charge in [-0.2, -0.15) is 0 Å². The van der Waals surface area contributed by atoms with Crippen LogP contribution >= 0.6 is 0 Å². The van der Waals surface area contributed by atoms with Gasteiger partial charge in [-0.3, -0.25) is 0 Å². The lowest BCUT2D eigenvalue weighted by Crippen LogP contribution is -2.00. The summed E-state index contributed by atoms with van der Waals surface area (Å²) in [6.07, 6.45) is 0. The summed E-state index contributed by atoms with van der Waals surface area (Å²) in [5.74, 6) is 1.58. The molecule has 0 saturated carbocycles. The summed E-state index contributed by atoms with van der Waals surface area (Å²) in [4.78, 5) is 15.8. The molecule has 0 aliphatic carbocycles. The molecule has 53 heavy (non-hydrogen) atoms. The Kier molecular flexibility index (Phi) is 6.21. The Morgan fingerprint density at radius 1 is 0.377 bits per heavy atom. The third-order valence-electron chi connectivity index (χ3n) is 10.1. The molecule has 0 fully saturated rings. The van der Waals surface area contributed by atoms with Gasteiger partial charge in [-0.1, -0.05) is 97.1 Å². The second-order valence-corrected chi connectivity index (χ2v) is 15.1. The fourth-order valence-corrected chi connectivity index (χ4v) is 9.26. The van der Waals surface area contributed by atoms with Crippen LogP contribution in [0.25, 0.3) is 100 Å². The van der Waals surface area contributed by atoms with Crippen LogP contribution in [0.2, 0.25) is 0 Å². The molecule has 11 rings (SSSR count). The number of furan rings is 2. The molecule has 0 saturated heterocycles. The zero-order valence-corrected chi connectivity index (χ0v) is 28.6. The van der Waals surface area contributed by atoms with E-state index < -0.39 is 9.84 Å². The van der Waals surface area contributed by atoms with Crippen LogP contribution in [0, 0.1) is 0 Å². The number of benzene rings is 7. The number of hydrogen-bond donors (Lipinski definition) is 0. The van der Waals surface area contributed by atoms with Crippen molar-refractivity contribution in [2.45, 2.75) is 9.79 Å². The van der Waals surface area contributed by atoms with E-state index in [-0.39, 0.29) is 0 Å². The highest BCUT2D eigenvalue weighted by Gasteiger charge is 2.32. The van der Waals surface area contributed by atoms with Crippen molar-refractivity contribution in [1.29, 1.82) is 0 Å². The Labute approximate surface area is 302 Å². The van der Waals surface area contributed by atoms with Crippen LogP contribution in [-0.4, -0.2) is 23.4 Å². The second-order valence-electron chi connectivity index (χ2n) is 13.2. The Morgan fingerprint density at radius 2 is 1.00 bits per heavy atom.